The lowest BCUT2D eigenvalue weighted by Gasteiger charge is -2.25. The summed E-state index contributed by atoms with van der Waals surface area (Å²) in [6, 6.07) is 1.49. The standard InChI is InChI=1S/C11H15N5O2/c1-3-16(11(17)18)8-4-7(12)9-10(15-8)13-5-6(2)14-9/h4H,3,5H2,1-2H3,(H,17,18)(H3,12,13,15)/p-1. The lowest BCUT2D eigenvalue weighted by Crippen LogP contribution is -2.41. The van der Waals surface area contributed by atoms with Crippen LogP contribution >= 0.6 is 0 Å². The molecule has 18 heavy (non-hydrogen) atoms. The molecule has 0 saturated heterocycles. The van der Waals surface area contributed by atoms with Crippen molar-refractivity contribution in [1.29, 1.82) is 0 Å². The van der Waals surface area contributed by atoms with Crippen molar-refractivity contribution >= 4 is 34.8 Å². The summed E-state index contributed by atoms with van der Waals surface area (Å²) in [5.74, 6) is 0.742. The number of carboxylic acid groups (broad SMARTS) is 1. The second kappa shape index (κ2) is 4.52. The molecule has 2 heterocycles. The van der Waals surface area contributed by atoms with Crippen molar-refractivity contribution in [1.82, 2.24) is 4.98 Å². The van der Waals surface area contributed by atoms with E-state index in [4.69, 9.17) is 5.73 Å². The first-order chi connectivity index (χ1) is 8.52. The number of aromatic nitrogens is 1. The fraction of sp³-hybridized carbons (Fsp3) is 0.364. The number of nitrogens with one attached hydrogen (secondary N) is 1. The van der Waals surface area contributed by atoms with Crippen LogP contribution in [0.5, 0.6) is 0 Å². The Bertz CT molecular complexity index is 526. The van der Waals surface area contributed by atoms with Crippen molar-refractivity contribution in [3.8, 4) is 0 Å². The molecule has 7 heteroatoms. The van der Waals surface area contributed by atoms with Crippen LogP contribution in [0.1, 0.15) is 13.8 Å². The number of pyridine rings is 1. The molecule has 0 bridgehead atoms. The van der Waals surface area contributed by atoms with Crippen LogP contribution in [0.2, 0.25) is 0 Å². The Labute approximate surface area is 104 Å². The van der Waals surface area contributed by atoms with E-state index in [1.165, 1.54) is 6.07 Å². The first-order valence-corrected chi connectivity index (χ1v) is 5.60. The summed E-state index contributed by atoms with van der Waals surface area (Å²) in [4.78, 5) is 20.5. The number of carbonyl (C=O) groups excluding carboxylic acids is 1. The average molecular weight is 248 g/mol. The molecule has 96 valence electrons. The quantitative estimate of drug-likeness (QED) is 0.785. The fourth-order valence-electron chi connectivity index (χ4n) is 1.75. The van der Waals surface area contributed by atoms with Crippen LogP contribution in [-0.4, -0.2) is 29.9 Å². The number of carbonyl (C=O) groups is 1. The minimum absolute atomic E-state index is 0.246. The Kier molecular flexibility index (Phi) is 3.05. The maximum absolute atomic E-state index is 10.9. The Balaban J connectivity index is 2.48. The molecule has 7 nitrogen and oxygen atoms in total. The Morgan fingerprint density at radius 3 is 3.00 bits per heavy atom. The zero-order valence-electron chi connectivity index (χ0n) is 10.2. The second-order valence-electron chi connectivity index (χ2n) is 3.98. The average Bonchev–Trinajstić information content (AvgIpc) is 2.30. The van der Waals surface area contributed by atoms with E-state index in [0.29, 0.717) is 23.7 Å². The summed E-state index contributed by atoms with van der Waals surface area (Å²) in [5, 5.41) is 14.0. The molecule has 0 spiro atoms. The molecular weight excluding hydrogens is 234 g/mol. The highest BCUT2D eigenvalue weighted by Crippen LogP contribution is 2.35. The predicted molar refractivity (Wildman–Crippen MR) is 68.3 cm³/mol. The monoisotopic (exact) mass is 248 g/mol. The van der Waals surface area contributed by atoms with E-state index in [-0.39, 0.29) is 12.4 Å². The van der Waals surface area contributed by atoms with E-state index >= 15 is 0 Å². The van der Waals surface area contributed by atoms with Crippen LogP contribution in [0.25, 0.3) is 0 Å². The van der Waals surface area contributed by atoms with Gasteiger partial charge in [0.2, 0.25) is 0 Å². The number of nitrogen functional groups attached to an aromatic ring is 1. The molecule has 0 atom stereocenters. The number of hydrogen-bond donors (Lipinski definition) is 2. The molecule has 0 saturated carbocycles. The maximum atomic E-state index is 10.9. The molecule has 3 N–H and O–H groups in total. The van der Waals surface area contributed by atoms with Crippen LogP contribution < -0.4 is 21.1 Å². The van der Waals surface area contributed by atoms with Gasteiger partial charge in [-0.05, 0) is 13.8 Å². The smallest absolute Gasteiger partial charge is 0.156 e. The zero-order valence-corrected chi connectivity index (χ0v) is 10.2. The molecule has 1 amide bonds. The van der Waals surface area contributed by atoms with Gasteiger partial charge >= 0.3 is 0 Å². The minimum Gasteiger partial charge on any atom is -0.530 e. The normalized spacial score (nSPS) is 13.3. The van der Waals surface area contributed by atoms with Gasteiger partial charge in [-0.3, -0.25) is 4.99 Å². The van der Waals surface area contributed by atoms with E-state index in [2.05, 4.69) is 15.3 Å². The Morgan fingerprint density at radius 1 is 1.67 bits per heavy atom. The van der Waals surface area contributed by atoms with Crippen LogP contribution in [0.15, 0.2) is 11.1 Å². The summed E-state index contributed by atoms with van der Waals surface area (Å²) < 4.78 is 0. The van der Waals surface area contributed by atoms with E-state index in [1.54, 1.807) is 6.92 Å². The van der Waals surface area contributed by atoms with E-state index in [0.717, 1.165) is 10.6 Å². The van der Waals surface area contributed by atoms with E-state index in [1.807, 2.05) is 6.92 Å². The third kappa shape index (κ3) is 2.06. The number of hydrogen-bond acceptors (Lipinski definition) is 6. The van der Waals surface area contributed by atoms with Crippen molar-refractivity contribution in [3.05, 3.63) is 6.07 Å². The van der Waals surface area contributed by atoms with Crippen molar-refractivity contribution in [2.24, 2.45) is 4.99 Å². The van der Waals surface area contributed by atoms with Gasteiger partial charge in [-0.25, -0.2) is 4.98 Å². The Morgan fingerprint density at radius 2 is 2.39 bits per heavy atom. The highest BCUT2D eigenvalue weighted by molar-refractivity contribution is 5.97. The van der Waals surface area contributed by atoms with Crippen LogP contribution in [0.4, 0.5) is 27.8 Å². The fourth-order valence-corrected chi connectivity index (χ4v) is 1.75. The highest BCUT2D eigenvalue weighted by atomic mass is 16.4. The maximum Gasteiger partial charge on any atom is 0.156 e. The number of nitrogens with two attached hydrogens (primary N) is 1. The molecule has 1 aromatic rings. The van der Waals surface area contributed by atoms with Gasteiger partial charge < -0.3 is 25.9 Å². The summed E-state index contributed by atoms with van der Waals surface area (Å²) in [5.41, 5.74) is 7.71. The van der Waals surface area contributed by atoms with Gasteiger partial charge in [-0.2, -0.15) is 0 Å². The lowest BCUT2D eigenvalue weighted by molar-refractivity contribution is -0.246. The number of nitrogens with zero attached hydrogens (tertiary/aromatic N) is 3. The van der Waals surface area contributed by atoms with Crippen molar-refractivity contribution in [2.75, 3.05) is 29.0 Å². The minimum atomic E-state index is -1.31. The lowest BCUT2D eigenvalue weighted by atomic mass is 10.2. The van der Waals surface area contributed by atoms with Gasteiger partial charge in [0, 0.05) is 18.3 Å². The molecule has 0 aliphatic carbocycles. The summed E-state index contributed by atoms with van der Waals surface area (Å²) in [6.07, 6.45) is -1.31. The number of rotatable bonds is 2. The van der Waals surface area contributed by atoms with E-state index in [9.17, 15) is 9.90 Å². The molecule has 0 unspecified atom stereocenters. The number of anilines is 3. The molecule has 0 aromatic carbocycles. The molecule has 2 rings (SSSR count). The second-order valence-corrected chi connectivity index (χ2v) is 3.98. The van der Waals surface area contributed by atoms with Crippen molar-refractivity contribution in [2.45, 2.75) is 13.8 Å². The van der Waals surface area contributed by atoms with Crippen molar-refractivity contribution < 1.29 is 9.90 Å². The number of amides is 1. The van der Waals surface area contributed by atoms with Crippen LogP contribution in [0.3, 0.4) is 0 Å². The SMILES string of the molecule is CCN(C(=O)[O-])c1cc(N)c2c(n1)NCC(C)=N2. The molecule has 1 aliphatic heterocycles. The molecular formula is C11H14N5O2-. The van der Waals surface area contributed by atoms with Gasteiger partial charge in [0.25, 0.3) is 0 Å². The van der Waals surface area contributed by atoms with Gasteiger partial charge in [0.1, 0.15) is 17.6 Å². The van der Waals surface area contributed by atoms with Crippen molar-refractivity contribution in [3.63, 3.8) is 0 Å². The topological polar surface area (TPSA) is 107 Å². The highest BCUT2D eigenvalue weighted by Gasteiger charge is 2.17. The van der Waals surface area contributed by atoms with Gasteiger partial charge in [-0.15, -0.1) is 0 Å². The van der Waals surface area contributed by atoms with Gasteiger partial charge in [0.15, 0.2) is 5.82 Å². The molecule has 0 fully saturated rings. The summed E-state index contributed by atoms with van der Waals surface area (Å²) >= 11 is 0. The Hall–Kier alpha value is -2.31. The largest absolute Gasteiger partial charge is 0.530 e. The molecule has 0 radical (unpaired) electrons. The van der Waals surface area contributed by atoms with Crippen LogP contribution in [-0.2, 0) is 0 Å². The number of aliphatic imine (C=N–C) groups is 1. The molecule has 1 aliphatic rings. The third-order valence-corrected chi connectivity index (χ3v) is 2.64. The van der Waals surface area contributed by atoms with E-state index < -0.39 is 6.09 Å². The molecule has 1 aromatic heterocycles. The summed E-state index contributed by atoms with van der Waals surface area (Å²) in [6.45, 7) is 4.39. The summed E-state index contributed by atoms with van der Waals surface area (Å²) in [7, 11) is 0. The first kappa shape index (κ1) is 12.2. The van der Waals surface area contributed by atoms with Gasteiger partial charge in [0.05, 0.1) is 12.2 Å². The predicted octanol–water partition coefficient (Wildman–Crippen LogP) is 0.351. The third-order valence-electron chi connectivity index (χ3n) is 2.64. The zero-order chi connectivity index (χ0) is 13.3. The number of fused-ring (bicyclic) bond motifs is 1. The van der Waals surface area contributed by atoms with Gasteiger partial charge in [-0.1, -0.05) is 0 Å². The first-order valence-electron chi connectivity index (χ1n) is 5.60. The van der Waals surface area contributed by atoms with Crippen LogP contribution in [0, 0.1) is 0 Å².